The number of pyridine rings is 1. The smallest absolute Gasteiger partial charge is 0.272 e. The predicted octanol–water partition coefficient (Wildman–Crippen LogP) is 1.45. The van der Waals surface area contributed by atoms with Gasteiger partial charge in [0.25, 0.3) is 5.91 Å². The fourth-order valence-corrected chi connectivity index (χ4v) is 2.67. The predicted molar refractivity (Wildman–Crippen MR) is 83.9 cm³/mol. The molecule has 3 rings (SSSR count). The zero-order valence-electron chi connectivity index (χ0n) is 12.9. The minimum atomic E-state index is -0.0192. The highest BCUT2D eigenvalue weighted by Crippen LogP contribution is 2.14. The van der Waals surface area contributed by atoms with E-state index in [4.69, 9.17) is 0 Å². The highest BCUT2D eigenvalue weighted by atomic mass is 16.2. The molecule has 0 unspecified atom stereocenters. The first-order chi connectivity index (χ1) is 10.6. The zero-order chi connectivity index (χ0) is 15.5. The van der Waals surface area contributed by atoms with Crippen LogP contribution >= 0.6 is 0 Å². The number of hydrogen-bond donors (Lipinski definition) is 0. The van der Waals surface area contributed by atoms with Gasteiger partial charge in [0, 0.05) is 38.1 Å². The van der Waals surface area contributed by atoms with Crippen molar-refractivity contribution >= 4 is 11.7 Å². The number of aryl methyl sites for hydroxylation is 2. The van der Waals surface area contributed by atoms with E-state index in [1.54, 1.807) is 12.3 Å². The van der Waals surface area contributed by atoms with Gasteiger partial charge >= 0.3 is 0 Å². The van der Waals surface area contributed by atoms with E-state index in [1.807, 2.05) is 36.9 Å². The second-order valence-corrected chi connectivity index (χ2v) is 5.41. The van der Waals surface area contributed by atoms with E-state index in [-0.39, 0.29) is 5.91 Å². The maximum atomic E-state index is 12.5. The summed E-state index contributed by atoms with van der Waals surface area (Å²) in [6.45, 7) is 6.61. The fourth-order valence-electron chi connectivity index (χ4n) is 2.67. The second-order valence-electron chi connectivity index (χ2n) is 5.41. The summed E-state index contributed by atoms with van der Waals surface area (Å²) in [5.74, 6) is 1.58. The Morgan fingerprint density at radius 1 is 1.09 bits per heavy atom. The van der Waals surface area contributed by atoms with E-state index in [1.165, 1.54) is 0 Å². The van der Waals surface area contributed by atoms with Crippen LogP contribution in [0, 0.1) is 13.8 Å². The summed E-state index contributed by atoms with van der Waals surface area (Å²) < 4.78 is 0. The van der Waals surface area contributed by atoms with E-state index in [0.29, 0.717) is 24.6 Å². The molecule has 0 N–H and O–H groups in total. The third kappa shape index (κ3) is 3.05. The molecular weight excluding hydrogens is 278 g/mol. The van der Waals surface area contributed by atoms with Gasteiger partial charge in [-0.3, -0.25) is 4.79 Å². The van der Waals surface area contributed by atoms with Crippen LogP contribution in [-0.4, -0.2) is 51.9 Å². The van der Waals surface area contributed by atoms with Gasteiger partial charge in [-0.05, 0) is 32.0 Å². The molecule has 1 fully saturated rings. The minimum absolute atomic E-state index is 0.0192. The Morgan fingerprint density at radius 2 is 1.86 bits per heavy atom. The molecule has 0 saturated carbocycles. The molecule has 1 saturated heterocycles. The van der Waals surface area contributed by atoms with Crippen molar-refractivity contribution in [3.05, 3.63) is 47.7 Å². The number of rotatable bonds is 2. The van der Waals surface area contributed by atoms with Gasteiger partial charge in [-0.1, -0.05) is 6.07 Å². The third-order valence-corrected chi connectivity index (χ3v) is 3.73. The van der Waals surface area contributed by atoms with Crippen LogP contribution in [-0.2, 0) is 0 Å². The Kier molecular flexibility index (Phi) is 4.00. The lowest BCUT2D eigenvalue weighted by Crippen LogP contribution is -2.49. The van der Waals surface area contributed by atoms with E-state index < -0.39 is 0 Å². The minimum Gasteiger partial charge on any atom is -0.353 e. The lowest BCUT2D eigenvalue weighted by Gasteiger charge is -2.35. The maximum Gasteiger partial charge on any atom is 0.272 e. The lowest BCUT2D eigenvalue weighted by molar-refractivity contribution is 0.0740. The van der Waals surface area contributed by atoms with Gasteiger partial charge in [0.2, 0.25) is 0 Å². The van der Waals surface area contributed by atoms with Crippen LogP contribution in [0.3, 0.4) is 0 Å². The molecule has 22 heavy (non-hydrogen) atoms. The number of anilines is 1. The summed E-state index contributed by atoms with van der Waals surface area (Å²) in [6, 6.07) is 7.63. The molecule has 0 bridgehead atoms. The van der Waals surface area contributed by atoms with Crippen LogP contribution in [0.15, 0.2) is 30.5 Å². The van der Waals surface area contributed by atoms with Gasteiger partial charge in [-0.15, -0.1) is 0 Å². The average Bonchev–Trinajstić information content (AvgIpc) is 2.54. The van der Waals surface area contributed by atoms with Crippen LogP contribution in [0.25, 0.3) is 0 Å². The molecule has 6 heteroatoms. The molecular formula is C16H19N5O. The number of carbonyl (C=O) groups excluding carboxylic acids is 1. The first-order valence-corrected chi connectivity index (χ1v) is 7.41. The van der Waals surface area contributed by atoms with E-state index in [0.717, 1.165) is 24.6 Å². The molecule has 6 nitrogen and oxygen atoms in total. The normalized spacial score (nSPS) is 15.0. The zero-order valence-corrected chi connectivity index (χ0v) is 12.9. The molecule has 1 amide bonds. The largest absolute Gasteiger partial charge is 0.353 e. The van der Waals surface area contributed by atoms with Gasteiger partial charge in [0.05, 0.1) is 0 Å². The number of hydrogen-bond acceptors (Lipinski definition) is 5. The molecule has 3 heterocycles. The fraction of sp³-hybridized carbons (Fsp3) is 0.375. The summed E-state index contributed by atoms with van der Waals surface area (Å²) in [5, 5.41) is 0. The van der Waals surface area contributed by atoms with Crippen LogP contribution in [0.5, 0.6) is 0 Å². The third-order valence-electron chi connectivity index (χ3n) is 3.73. The molecule has 1 aliphatic rings. The van der Waals surface area contributed by atoms with Crippen molar-refractivity contribution in [3.63, 3.8) is 0 Å². The van der Waals surface area contributed by atoms with Gasteiger partial charge in [0.15, 0.2) is 0 Å². The standard InChI is InChI=1S/C16H19N5O/c1-12-11-14(19-13(2)18-12)16(22)21-9-7-20(8-10-21)15-5-3-4-6-17-15/h3-6,11H,7-10H2,1-2H3. The number of amides is 1. The number of carbonyl (C=O) groups is 1. The summed E-state index contributed by atoms with van der Waals surface area (Å²) in [6.07, 6.45) is 1.79. The molecule has 1 aliphatic heterocycles. The SMILES string of the molecule is Cc1cc(C(=O)N2CCN(c3ccccn3)CC2)nc(C)n1. The summed E-state index contributed by atoms with van der Waals surface area (Å²) in [7, 11) is 0. The molecule has 2 aromatic heterocycles. The summed E-state index contributed by atoms with van der Waals surface area (Å²) in [4.78, 5) is 29.4. The van der Waals surface area contributed by atoms with Gasteiger partial charge in [-0.2, -0.15) is 0 Å². The summed E-state index contributed by atoms with van der Waals surface area (Å²) in [5.41, 5.74) is 1.30. The van der Waals surface area contributed by atoms with E-state index >= 15 is 0 Å². The highest BCUT2D eigenvalue weighted by molar-refractivity contribution is 5.92. The van der Waals surface area contributed by atoms with Crippen LogP contribution in [0.2, 0.25) is 0 Å². The van der Waals surface area contributed by atoms with Crippen molar-refractivity contribution in [2.24, 2.45) is 0 Å². The van der Waals surface area contributed by atoms with Crippen molar-refractivity contribution in [2.75, 3.05) is 31.1 Å². The van der Waals surface area contributed by atoms with Crippen molar-refractivity contribution < 1.29 is 4.79 Å². The van der Waals surface area contributed by atoms with E-state index in [2.05, 4.69) is 19.9 Å². The Morgan fingerprint density at radius 3 is 2.50 bits per heavy atom. The van der Waals surface area contributed by atoms with E-state index in [9.17, 15) is 4.79 Å². The topological polar surface area (TPSA) is 62.2 Å². The first kappa shape index (κ1) is 14.4. The Hall–Kier alpha value is -2.50. The molecule has 0 aliphatic carbocycles. The van der Waals surface area contributed by atoms with Crippen LogP contribution in [0.4, 0.5) is 5.82 Å². The van der Waals surface area contributed by atoms with Crippen LogP contribution < -0.4 is 4.90 Å². The highest BCUT2D eigenvalue weighted by Gasteiger charge is 2.23. The quantitative estimate of drug-likeness (QED) is 0.839. The van der Waals surface area contributed by atoms with Crippen molar-refractivity contribution in [3.8, 4) is 0 Å². The first-order valence-electron chi connectivity index (χ1n) is 7.41. The van der Waals surface area contributed by atoms with Crippen molar-refractivity contribution in [2.45, 2.75) is 13.8 Å². The summed E-state index contributed by atoms with van der Waals surface area (Å²) >= 11 is 0. The van der Waals surface area contributed by atoms with Crippen molar-refractivity contribution in [1.29, 1.82) is 0 Å². The van der Waals surface area contributed by atoms with Gasteiger partial charge in [-0.25, -0.2) is 15.0 Å². The van der Waals surface area contributed by atoms with Crippen molar-refractivity contribution in [1.82, 2.24) is 19.9 Å². The Bertz CT molecular complexity index is 645. The molecule has 0 aromatic carbocycles. The molecule has 114 valence electrons. The number of nitrogens with zero attached hydrogens (tertiary/aromatic N) is 5. The average molecular weight is 297 g/mol. The molecule has 2 aromatic rings. The Balaban J connectivity index is 1.67. The van der Waals surface area contributed by atoms with Gasteiger partial charge in [0.1, 0.15) is 17.3 Å². The number of piperazine rings is 1. The lowest BCUT2D eigenvalue weighted by atomic mass is 10.2. The molecule has 0 spiro atoms. The van der Waals surface area contributed by atoms with Gasteiger partial charge < -0.3 is 9.80 Å². The molecule has 0 radical (unpaired) electrons. The Labute approximate surface area is 129 Å². The maximum absolute atomic E-state index is 12.5. The molecule has 0 atom stereocenters. The number of aromatic nitrogens is 3. The monoisotopic (exact) mass is 297 g/mol. The van der Waals surface area contributed by atoms with Crippen LogP contribution in [0.1, 0.15) is 22.0 Å². The second kappa shape index (κ2) is 6.09.